The van der Waals surface area contributed by atoms with Gasteiger partial charge in [0.2, 0.25) is 5.91 Å². The molecule has 0 aliphatic heterocycles. The van der Waals surface area contributed by atoms with Gasteiger partial charge in [-0.25, -0.2) is 4.98 Å². The van der Waals surface area contributed by atoms with Gasteiger partial charge in [0.25, 0.3) is 0 Å². The Labute approximate surface area is 149 Å². The summed E-state index contributed by atoms with van der Waals surface area (Å²) in [7, 11) is 0. The summed E-state index contributed by atoms with van der Waals surface area (Å²) in [6.07, 6.45) is 1.40. The van der Waals surface area contributed by atoms with Crippen molar-refractivity contribution in [3.8, 4) is 5.75 Å². The van der Waals surface area contributed by atoms with Crippen molar-refractivity contribution >= 4 is 23.2 Å². The maximum atomic E-state index is 12.0. The highest BCUT2D eigenvalue weighted by atomic mass is 32.1. The van der Waals surface area contributed by atoms with E-state index in [2.05, 4.69) is 10.3 Å². The van der Waals surface area contributed by atoms with Gasteiger partial charge in [0.1, 0.15) is 17.4 Å². The van der Waals surface area contributed by atoms with Crippen molar-refractivity contribution in [2.45, 2.75) is 32.8 Å². The van der Waals surface area contributed by atoms with E-state index in [9.17, 15) is 9.59 Å². The zero-order valence-electron chi connectivity index (χ0n) is 13.9. The average Bonchev–Trinajstić information content (AvgIpc) is 3.27. The molecule has 1 aliphatic rings. The fourth-order valence-electron chi connectivity index (χ4n) is 2.39. The molecular formula is C18H20N2O4S. The van der Waals surface area contributed by atoms with Crippen LogP contribution in [-0.2, 0) is 22.6 Å². The van der Waals surface area contributed by atoms with Gasteiger partial charge in [-0.05, 0) is 31.9 Å². The van der Waals surface area contributed by atoms with Crippen LogP contribution in [0.15, 0.2) is 29.6 Å². The molecule has 2 N–H and O–H groups in total. The minimum atomic E-state index is -0.836. The molecule has 1 saturated carbocycles. The second-order valence-electron chi connectivity index (χ2n) is 6.37. The third-order valence-corrected chi connectivity index (χ3v) is 5.13. The van der Waals surface area contributed by atoms with E-state index in [-0.39, 0.29) is 18.9 Å². The lowest BCUT2D eigenvalue weighted by atomic mass is 10.1. The van der Waals surface area contributed by atoms with Crippen LogP contribution in [0.2, 0.25) is 0 Å². The molecule has 132 valence electrons. The molecule has 0 radical (unpaired) electrons. The Morgan fingerprint density at radius 3 is 2.68 bits per heavy atom. The van der Waals surface area contributed by atoms with Crippen molar-refractivity contribution < 1.29 is 19.4 Å². The van der Waals surface area contributed by atoms with Crippen LogP contribution in [-0.4, -0.2) is 28.5 Å². The Kier molecular flexibility index (Phi) is 5.03. The van der Waals surface area contributed by atoms with Crippen molar-refractivity contribution in [3.63, 3.8) is 0 Å². The van der Waals surface area contributed by atoms with Crippen LogP contribution < -0.4 is 10.1 Å². The average molecular weight is 360 g/mol. The molecule has 0 atom stereocenters. The molecule has 25 heavy (non-hydrogen) atoms. The van der Waals surface area contributed by atoms with Crippen LogP contribution in [0, 0.1) is 12.3 Å². The Bertz CT molecular complexity index is 766. The van der Waals surface area contributed by atoms with E-state index >= 15 is 0 Å². The summed E-state index contributed by atoms with van der Waals surface area (Å²) < 4.78 is 5.67. The first-order chi connectivity index (χ1) is 12.0. The Morgan fingerprint density at radius 2 is 2.04 bits per heavy atom. The lowest BCUT2D eigenvalue weighted by molar-refractivity contribution is -0.143. The molecule has 2 aromatic rings. The first-order valence-corrected chi connectivity index (χ1v) is 8.98. The highest BCUT2D eigenvalue weighted by Crippen LogP contribution is 2.45. The normalized spacial score (nSPS) is 14.8. The molecule has 1 aromatic heterocycles. The molecule has 1 aromatic carbocycles. The van der Waals surface area contributed by atoms with Crippen LogP contribution in [0.25, 0.3) is 0 Å². The van der Waals surface area contributed by atoms with E-state index in [1.807, 2.05) is 36.6 Å². The first kappa shape index (κ1) is 17.4. The third kappa shape index (κ3) is 4.57. The first-order valence-electron chi connectivity index (χ1n) is 8.10. The predicted molar refractivity (Wildman–Crippen MR) is 93.6 cm³/mol. The number of carboxylic acids is 1. The van der Waals surface area contributed by atoms with Gasteiger partial charge in [-0.1, -0.05) is 17.7 Å². The van der Waals surface area contributed by atoms with Crippen molar-refractivity contribution in [2.75, 3.05) is 6.54 Å². The van der Waals surface area contributed by atoms with Crippen molar-refractivity contribution in [2.24, 2.45) is 5.41 Å². The summed E-state index contributed by atoms with van der Waals surface area (Å²) in [4.78, 5) is 27.4. The summed E-state index contributed by atoms with van der Waals surface area (Å²) in [5.41, 5.74) is 1.10. The zero-order chi connectivity index (χ0) is 17.9. The topological polar surface area (TPSA) is 88.5 Å². The minimum Gasteiger partial charge on any atom is -0.486 e. The maximum Gasteiger partial charge on any atom is 0.311 e. The van der Waals surface area contributed by atoms with Gasteiger partial charge in [0, 0.05) is 11.9 Å². The number of hydrogen-bond acceptors (Lipinski definition) is 5. The van der Waals surface area contributed by atoms with Gasteiger partial charge >= 0.3 is 5.97 Å². The fraction of sp³-hybridized carbons (Fsp3) is 0.389. The quantitative estimate of drug-likeness (QED) is 0.755. The number of amides is 1. The number of nitrogens with zero attached hydrogens (tertiary/aromatic N) is 1. The molecule has 1 heterocycles. The molecule has 7 heteroatoms. The molecular weight excluding hydrogens is 340 g/mol. The van der Waals surface area contributed by atoms with E-state index in [0.717, 1.165) is 10.8 Å². The number of rotatable bonds is 8. The lowest BCUT2D eigenvalue weighted by Gasteiger charge is -2.10. The largest absolute Gasteiger partial charge is 0.486 e. The van der Waals surface area contributed by atoms with E-state index in [1.54, 1.807) is 0 Å². The Morgan fingerprint density at radius 1 is 1.32 bits per heavy atom. The number of nitrogens with one attached hydrogen (secondary N) is 1. The van der Waals surface area contributed by atoms with Crippen LogP contribution in [0.1, 0.15) is 29.1 Å². The van der Waals surface area contributed by atoms with Gasteiger partial charge in [0.15, 0.2) is 0 Å². The number of carboxylic acid groups (broad SMARTS) is 1. The molecule has 6 nitrogen and oxygen atoms in total. The summed E-state index contributed by atoms with van der Waals surface area (Å²) in [6, 6.07) is 7.79. The van der Waals surface area contributed by atoms with E-state index in [1.165, 1.54) is 16.9 Å². The molecule has 0 bridgehead atoms. The molecule has 1 aliphatic carbocycles. The Balaban J connectivity index is 1.45. The van der Waals surface area contributed by atoms with Crippen molar-refractivity contribution in [1.29, 1.82) is 0 Å². The highest BCUT2D eigenvalue weighted by molar-refractivity contribution is 7.09. The summed E-state index contributed by atoms with van der Waals surface area (Å²) in [5, 5.41) is 14.4. The smallest absolute Gasteiger partial charge is 0.311 e. The summed E-state index contributed by atoms with van der Waals surface area (Å²) in [6.45, 7) is 2.57. The van der Waals surface area contributed by atoms with Gasteiger partial charge in [-0.2, -0.15) is 0 Å². The number of benzene rings is 1. The van der Waals surface area contributed by atoms with Crippen LogP contribution in [0.4, 0.5) is 0 Å². The third-order valence-electron chi connectivity index (χ3n) is 4.26. The van der Waals surface area contributed by atoms with Crippen molar-refractivity contribution in [1.82, 2.24) is 10.3 Å². The predicted octanol–water partition coefficient (Wildman–Crippen LogP) is 2.55. The molecule has 1 fully saturated rings. The van der Waals surface area contributed by atoms with Gasteiger partial charge in [-0.15, -0.1) is 11.3 Å². The van der Waals surface area contributed by atoms with Crippen LogP contribution in [0.5, 0.6) is 5.75 Å². The molecule has 0 unspecified atom stereocenters. The number of carbonyl (C=O) groups is 2. The van der Waals surface area contributed by atoms with Gasteiger partial charge < -0.3 is 15.2 Å². The number of aromatic nitrogens is 1. The van der Waals surface area contributed by atoms with E-state index in [4.69, 9.17) is 9.84 Å². The number of carbonyl (C=O) groups excluding carboxylic acids is 1. The Hall–Kier alpha value is -2.41. The van der Waals surface area contributed by atoms with Gasteiger partial charge in [0.05, 0.1) is 17.5 Å². The summed E-state index contributed by atoms with van der Waals surface area (Å²) in [5.74, 6) is -0.260. The fourth-order valence-corrected chi connectivity index (χ4v) is 3.09. The van der Waals surface area contributed by atoms with E-state index in [0.29, 0.717) is 25.1 Å². The van der Waals surface area contributed by atoms with E-state index < -0.39 is 11.4 Å². The van der Waals surface area contributed by atoms with Gasteiger partial charge in [-0.3, -0.25) is 9.59 Å². The molecule has 0 saturated heterocycles. The zero-order valence-corrected chi connectivity index (χ0v) is 14.8. The second-order valence-corrected chi connectivity index (χ2v) is 7.32. The molecule has 3 rings (SSSR count). The SMILES string of the molecule is Cc1ccc(OCc2nc(CC(=O)NCC3(C(=O)O)CC3)cs2)cc1. The number of ether oxygens (including phenoxy) is 1. The minimum absolute atomic E-state index is 0.150. The van der Waals surface area contributed by atoms with Crippen molar-refractivity contribution in [3.05, 3.63) is 45.9 Å². The monoisotopic (exact) mass is 360 g/mol. The standard InChI is InChI=1S/C18H20N2O4S/c1-12-2-4-14(5-3-12)24-9-16-20-13(10-25-16)8-15(21)19-11-18(6-7-18)17(22)23/h2-5,10H,6-9,11H2,1H3,(H,19,21)(H,22,23). The lowest BCUT2D eigenvalue weighted by Crippen LogP contribution is -2.35. The molecule has 0 spiro atoms. The maximum absolute atomic E-state index is 12.0. The molecule has 1 amide bonds. The second kappa shape index (κ2) is 7.23. The number of aliphatic carboxylic acids is 1. The number of thiazole rings is 1. The number of hydrogen-bond donors (Lipinski definition) is 2. The van der Waals surface area contributed by atoms with Crippen LogP contribution >= 0.6 is 11.3 Å². The highest BCUT2D eigenvalue weighted by Gasteiger charge is 2.50. The van der Waals surface area contributed by atoms with Crippen LogP contribution in [0.3, 0.4) is 0 Å². The summed E-state index contributed by atoms with van der Waals surface area (Å²) >= 11 is 1.44. The number of aryl methyl sites for hydroxylation is 1.